The predicted molar refractivity (Wildman–Crippen MR) is 50.8 cm³/mol. The van der Waals surface area contributed by atoms with E-state index in [0.29, 0.717) is 0 Å². The summed E-state index contributed by atoms with van der Waals surface area (Å²) in [6.45, 7) is 5.40. The van der Waals surface area contributed by atoms with Crippen LogP contribution in [0.2, 0.25) is 0 Å². The lowest BCUT2D eigenvalue weighted by Gasteiger charge is -2.11. The van der Waals surface area contributed by atoms with Gasteiger partial charge in [-0.25, -0.2) is 0 Å². The molecule has 0 atom stereocenters. The van der Waals surface area contributed by atoms with Crippen LogP contribution in [0.3, 0.4) is 0 Å². The first-order valence-electron chi connectivity index (χ1n) is 3.29. The van der Waals surface area contributed by atoms with Crippen molar-refractivity contribution in [3.63, 3.8) is 0 Å². The summed E-state index contributed by atoms with van der Waals surface area (Å²) in [7, 11) is 0. The average Bonchev–Trinajstić information content (AvgIpc) is 1.87. The van der Waals surface area contributed by atoms with Crippen molar-refractivity contribution in [1.29, 1.82) is 5.26 Å². The van der Waals surface area contributed by atoms with Crippen molar-refractivity contribution in [2.45, 2.75) is 25.5 Å². The van der Waals surface area contributed by atoms with Gasteiger partial charge < -0.3 is 0 Å². The summed E-state index contributed by atoms with van der Waals surface area (Å²) in [6.07, 6.45) is 0. The van der Waals surface area contributed by atoms with Crippen molar-refractivity contribution >= 4 is 28.0 Å². The molecular weight excluding hydrogens is 178 g/mol. The monoisotopic (exact) mass is 189 g/mol. The summed E-state index contributed by atoms with van der Waals surface area (Å²) in [5.74, 6) is 0.771. The lowest BCUT2D eigenvalue weighted by Crippen LogP contribution is -2.12. The maximum absolute atomic E-state index is 11.0. The van der Waals surface area contributed by atoms with Gasteiger partial charge in [0.15, 0.2) is 0 Å². The summed E-state index contributed by atoms with van der Waals surface area (Å²) in [6, 6.07) is 2.06. The first-order chi connectivity index (χ1) is 5.02. The molecule has 0 heterocycles. The van der Waals surface area contributed by atoms with E-state index in [1.807, 2.05) is 6.92 Å². The van der Waals surface area contributed by atoms with Crippen LogP contribution in [0.15, 0.2) is 0 Å². The Hall–Kier alpha value is -0.140. The molecule has 0 bridgehead atoms. The highest BCUT2D eigenvalue weighted by Gasteiger charge is 2.21. The van der Waals surface area contributed by atoms with E-state index in [-0.39, 0.29) is 4.45 Å². The number of carbonyl (C=O) groups is 1. The average molecular weight is 189 g/mol. The summed E-state index contributed by atoms with van der Waals surface area (Å²) >= 11 is 2.34. The van der Waals surface area contributed by atoms with Crippen LogP contribution in [0.1, 0.15) is 20.8 Å². The molecule has 0 saturated carbocycles. The quantitative estimate of drug-likeness (QED) is 0.669. The van der Waals surface area contributed by atoms with Gasteiger partial charge in [0.1, 0.15) is 4.75 Å². The molecule has 0 aromatic rings. The lowest BCUT2D eigenvalue weighted by atomic mass is 10.2. The van der Waals surface area contributed by atoms with Gasteiger partial charge in [0.25, 0.3) is 0 Å². The van der Waals surface area contributed by atoms with Crippen LogP contribution in [0.25, 0.3) is 0 Å². The van der Waals surface area contributed by atoms with E-state index in [4.69, 9.17) is 5.26 Å². The molecule has 0 spiro atoms. The molecule has 11 heavy (non-hydrogen) atoms. The van der Waals surface area contributed by atoms with Crippen LogP contribution in [0, 0.1) is 11.3 Å². The van der Waals surface area contributed by atoms with E-state index in [2.05, 4.69) is 6.07 Å². The Morgan fingerprint density at radius 1 is 1.64 bits per heavy atom. The molecule has 0 aliphatic heterocycles. The smallest absolute Gasteiger partial charge is 0.247 e. The molecule has 0 amide bonds. The zero-order valence-corrected chi connectivity index (χ0v) is 8.51. The van der Waals surface area contributed by atoms with Crippen molar-refractivity contribution in [2.24, 2.45) is 0 Å². The van der Waals surface area contributed by atoms with Crippen molar-refractivity contribution in [1.82, 2.24) is 0 Å². The second-order valence-electron chi connectivity index (χ2n) is 2.41. The van der Waals surface area contributed by atoms with Gasteiger partial charge >= 0.3 is 0 Å². The lowest BCUT2D eigenvalue weighted by molar-refractivity contribution is 0.276. The Kier molecular flexibility index (Phi) is 4.62. The highest BCUT2D eigenvalue weighted by molar-refractivity contribution is 8.39. The minimum atomic E-state index is -0.584. The molecule has 0 aliphatic rings. The Labute approximate surface area is 75.7 Å². The Balaban J connectivity index is 3.86. The summed E-state index contributed by atoms with van der Waals surface area (Å²) in [5.41, 5.74) is 0. The fourth-order valence-corrected chi connectivity index (χ4v) is 2.29. The van der Waals surface area contributed by atoms with Gasteiger partial charge in [0, 0.05) is 0 Å². The molecule has 0 saturated heterocycles. The van der Waals surface area contributed by atoms with Crippen molar-refractivity contribution < 1.29 is 4.79 Å². The van der Waals surface area contributed by atoms with Crippen LogP contribution >= 0.6 is 23.5 Å². The highest BCUT2D eigenvalue weighted by Crippen LogP contribution is 2.29. The molecule has 0 N–H and O–H groups in total. The van der Waals surface area contributed by atoms with Gasteiger partial charge in [-0.1, -0.05) is 30.4 Å². The fourth-order valence-electron chi connectivity index (χ4n) is 0.378. The van der Waals surface area contributed by atoms with Gasteiger partial charge in [0.05, 0.1) is 6.07 Å². The highest BCUT2D eigenvalue weighted by atomic mass is 32.2. The molecule has 62 valence electrons. The molecule has 0 aliphatic carbocycles. The van der Waals surface area contributed by atoms with Crippen LogP contribution in [-0.4, -0.2) is 14.9 Å². The Morgan fingerprint density at radius 3 is 2.55 bits per heavy atom. The van der Waals surface area contributed by atoms with E-state index >= 15 is 0 Å². The molecule has 0 unspecified atom stereocenters. The van der Waals surface area contributed by atoms with Crippen LogP contribution in [-0.2, 0) is 0 Å². The topological polar surface area (TPSA) is 40.9 Å². The van der Waals surface area contributed by atoms with Gasteiger partial charge in [-0.3, -0.25) is 4.79 Å². The van der Waals surface area contributed by atoms with Crippen LogP contribution in [0.5, 0.6) is 0 Å². The van der Waals surface area contributed by atoms with Crippen molar-refractivity contribution in [2.75, 3.05) is 5.75 Å². The Bertz CT molecular complexity index is 183. The number of hydrogen-bond acceptors (Lipinski definition) is 4. The molecule has 2 nitrogen and oxygen atoms in total. The third kappa shape index (κ3) is 5.16. The largest absolute Gasteiger partial charge is 0.274 e. The van der Waals surface area contributed by atoms with Gasteiger partial charge in [-0.05, 0) is 19.6 Å². The second-order valence-corrected chi connectivity index (χ2v) is 5.50. The minimum Gasteiger partial charge on any atom is -0.274 e. The van der Waals surface area contributed by atoms with E-state index in [1.165, 1.54) is 11.8 Å². The zero-order valence-electron chi connectivity index (χ0n) is 6.88. The molecular formula is C7H11NOS2. The van der Waals surface area contributed by atoms with Gasteiger partial charge in [0.2, 0.25) is 4.45 Å². The third-order valence-corrected chi connectivity index (χ3v) is 2.77. The number of nitriles is 1. The first-order valence-corrected chi connectivity index (χ1v) is 5.09. The zero-order chi connectivity index (χ0) is 8.91. The molecule has 0 radical (unpaired) electrons. The van der Waals surface area contributed by atoms with E-state index < -0.39 is 4.75 Å². The molecule has 0 fully saturated rings. The number of rotatable bonds is 2. The van der Waals surface area contributed by atoms with E-state index in [1.54, 1.807) is 13.8 Å². The number of thioether (sulfide) groups is 2. The normalized spacial score (nSPS) is 10.7. The predicted octanol–water partition coefficient (Wildman–Crippen LogP) is 2.89. The SMILES string of the molecule is CCSC(=O)SC(C)(C)C#N. The first kappa shape index (κ1) is 10.9. The van der Waals surface area contributed by atoms with E-state index in [0.717, 1.165) is 17.5 Å². The second kappa shape index (κ2) is 4.68. The number of hydrogen-bond donors (Lipinski definition) is 0. The van der Waals surface area contributed by atoms with Crippen molar-refractivity contribution in [3.8, 4) is 6.07 Å². The molecule has 4 heteroatoms. The Morgan fingerprint density at radius 2 is 2.18 bits per heavy atom. The maximum Gasteiger partial charge on any atom is 0.247 e. The molecule has 0 aromatic heterocycles. The fraction of sp³-hybridized carbons (Fsp3) is 0.714. The molecule has 0 rings (SSSR count). The van der Waals surface area contributed by atoms with Gasteiger partial charge in [-0.2, -0.15) is 5.26 Å². The minimum absolute atomic E-state index is 0.0269. The number of carbonyl (C=O) groups excluding carboxylic acids is 1. The summed E-state index contributed by atoms with van der Waals surface area (Å²) < 4.78 is -0.557. The third-order valence-electron chi connectivity index (χ3n) is 0.870. The number of nitrogens with zero attached hydrogens (tertiary/aromatic N) is 1. The van der Waals surface area contributed by atoms with Crippen LogP contribution in [0.4, 0.5) is 4.79 Å². The summed E-state index contributed by atoms with van der Waals surface area (Å²) in [5, 5.41) is 8.58. The van der Waals surface area contributed by atoms with E-state index in [9.17, 15) is 4.79 Å². The maximum atomic E-state index is 11.0. The van der Waals surface area contributed by atoms with Crippen molar-refractivity contribution in [3.05, 3.63) is 0 Å². The standard InChI is InChI=1S/C7H11NOS2/c1-4-10-6(9)11-7(2,3)5-8/h4H2,1-3H3. The molecule has 0 aromatic carbocycles. The van der Waals surface area contributed by atoms with Crippen LogP contribution < -0.4 is 0 Å². The summed E-state index contributed by atoms with van der Waals surface area (Å²) in [4.78, 5) is 11.0. The van der Waals surface area contributed by atoms with Gasteiger partial charge in [-0.15, -0.1) is 0 Å².